The third kappa shape index (κ3) is 5.43. The second kappa shape index (κ2) is 9.36. The number of anilines is 2. The fourth-order valence-electron chi connectivity index (χ4n) is 3.41. The van der Waals surface area contributed by atoms with Crippen LogP contribution in [0.2, 0.25) is 0 Å². The van der Waals surface area contributed by atoms with E-state index in [0.29, 0.717) is 12.1 Å². The fraction of sp³-hybridized carbons (Fsp3) is 0.435. The first-order valence-electron chi connectivity index (χ1n) is 10.5. The third-order valence-electron chi connectivity index (χ3n) is 5.61. The summed E-state index contributed by atoms with van der Waals surface area (Å²) in [5, 5.41) is 2.94. The molecule has 0 aromatic heterocycles. The van der Waals surface area contributed by atoms with Gasteiger partial charge in [0.2, 0.25) is 15.9 Å². The highest BCUT2D eigenvalue weighted by molar-refractivity contribution is 7.89. The number of sulfonamides is 1. The summed E-state index contributed by atoms with van der Waals surface area (Å²) in [5.74, 6) is -0.406. The Bertz CT molecular complexity index is 1030. The standard InChI is InChI=1S/C23H30FN3O3S/c1-5-16(2)27(31(29,30)21-11-8-19(24)9-12-21)15-18-14-20(10-13-22(18)26(3)4)25-23(28)17-6-7-17/h8-14,16-17H,5-7,15H2,1-4H3,(H,25,28)/t16-/m0/s1. The van der Waals surface area contributed by atoms with Crippen LogP contribution >= 0.6 is 0 Å². The molecule has 1 amide bonds. The van der Waals surface area contributed by atoms with Gasteiger partial charge in [0, 0.05) is 44.0 Å². The van der Waals surface area contributed by atoms with Crippen LogP contribution in [0.4, 0.5) is 15.8 Å². The monoisotopic (exact) mass is 447 g/mol. The van der Waals surface area contributed by atoms with E-state index in [2.05, 4.69) is 5.32 Å². The molecule has 1 aliphatic rings. The van der Waals surface area contributed by atoms with Crippen molar-refractivity contribution in [3.8, 4) is 0 Å². The Hall–Kier alpha value is -2.45. The van der Waals surface area contributed by atoms with Gasteiger partial charge in [0.25, 0.3) is 0 Å². The number of hydrogen-bond acceptors (Lipinski definition) is 4. The Kier molecular flexibility index (Phi) is 7.01. The quantitative estimate of drug-likeness (QED) is 0.625. The number of rotatable bonds is 9. The van der Waals surface area contributed by atoms with Crippen molar-refractivity contribution < 1.29 is 17.6 Å². The number of nitrogens with one attached hydrogen (secondary N) is 1. The van der Waals surface area contributed by atoms with E-state index in [-0.39, 0.29) is 29.3 Å². The number of carbonyl (C=O) groups excluding carboxylic acids is 1. The molecule has 2 aromatic rings. The van der Waals surface area contributed by atoms with Crippen LogP contribution in [0.5, 0.6) is 0 Å². The second-order valence-electron chi connectivity index (χ2n) is 8.26. The number of nitrogens with zero attached hydrogens (tertiary/aromatic N) is 2. The molecule has 0 spiro atoms. The van der Waals surface area contributed by atoms with Crippen molar-refractivity contribution in [1.29, 1.82) is 0 Å². The molecule has 0 bridgehead atoms. The van der Waals surface area contributed by atoms with Gasteiger partial charge < -0.3 is 10.2 Å². The van der Waals surface area contributed by atoms with Gasteiger partial charge >= 0.3 is 0 Å². The van der Waals surface area contributed by atoms with Crippen LogP contribution < -0.4 is 10.2 Å². The van der Waals surface area contributed by atoms with E-state index in [1.165, 1.54) is 16.4 Å². The molecule has 1 N–H and O–H groups in total. The third-order valence-corrected chi connectivity index (χ3v) is 7.58. The maximum Gasteiger partial charge on any atom is 0.243 e. The molecule has 1 aliphatic carbocycles. The van der Waals surface area contributed by atoms with Crippen molar-refractivity contribution in [1.82, 2.24) is 4.31 Å². The van der Waals surface area contributed by atoms with E-state index in [1.54, 1.807) is 0 Å². The van der Waals surface area contributed by atoms with Crippen molar-refractivity contribution in [2.24, 2.45) is 5.92 Å². The Morgan fingerprint density at radius 1 is 1.16 bits per heavy atom. The summed E-state index contributed by atoms with van der Waals surface area (Å²) in [4.78, 5) is 14.2. The van der Waals surface area contributed by atoms with Gasteiger partial charge in [-0.2, -0.15) is 4.31 Å². The minimum atomic E-state index is -3.85. The molecule has 1 atom stereocenters. The van der Waals surface area contributed by atoms with Gasteiger partial charge in [-0.3, -0.25) is 4.79 Å². The summed E-state index contributed by atoms with van der Waals surface area (Å²) < 4.78 is 41.6. The minimum absolute atomic E-state index is 0.00118. The predicted molar refractivity (Wildman–Crippen MR) is 121 cm³/mol. The number of amides is 1. The lowest BCUT2D eigenvalue weighted by Gasteiger charge is -2.30. The molecule has 0 radical (unpaired) electrons. The number of benzene rings is 2. The van der Waals surface area contributed by atoms with E-state index in [0.717, 1.165) is 36.2 Å². The molecule has 0 unspecified atom stereocenters. The Morgan fingerprint density at radius 3 is 2.35 bits per heavy atom. The minimum Gasteiger partial charge on any atom is -0.377 e. The van der Waals surface area contributed by atoms with E-state index < -0.39 is 15.8 Å². The van der Waals surface area contributed by atoms with Crippen molar-refractivity contribution in [3.63, 3.8) is 0 Å². The highest BCUT2D eigenvalue weighted by Gasteiger charge is 2.31. The van der Waals surface area contributed by atoms with Crippen LogP contribution in [0.3, 0.4) is 0 Å². The topological polar surface area (TPSA) is 69.7 Å². The average molecular weight is 448 g/mol. The molecule has 168 valence electrons. The number of carbonyl (C=O) groups is 1. The summed E-state index contributed by atoms with van der Waals surface area (Å²) in [6.07, 6.45) is 2.44. The zero-order valence-electron chi connectivity index (χ0n) is 18.4. The summed E-state index contributed by atoms with van der Waals surface area (Å²) >= 11 is 0. The van der Waals surface area contributed by atoms with Crippen molar-refractivity contribution in [2.45, 2.75) is 50.6 Å². The molecule has 6 nitrogen and oxygen atoms in total. The first-order chi connectivity index (χ1) is 14.6. The average Bonchev–Trinajstić information content (AvgIpc) is 3.57. The van der Waals surface area contributed by atoms with Gasteiger partial charge in [0.1, 0.15) is 5.82 Å². The van der Waals surface area contributed by atoms with Crippen LogP contribution in [0.25, 0.3) is 0 Å². The van der Waals surface area contributed by atoms with Gasteiger partial charge in [-0.15, -0.1) is 0 Å². The molecule has 0 heterocycles. The maximum absolute atomic E-state index is 13.4. The van der Waals surface area contributed by atoms with Crippen LogP contribution in [0.15, 0.2) is 47.4 Å². The smallest absolute Gasteiger partial charge is 0.243 e. The number of hydrogen-bond donors (Lipinski definition) is 1. The highest BCUT2D eigenvalue weighted by Crippen LogP contribution is 2.32. The second-order valence-corrected chi connectivity index (χ2v) is 10.2. The SMILES string of the molecule is CC[C@H](C)N(Cc1cc(NC(=O)C2CC2)ccc1N(C)C)S(=O)(=O)c1ccc(F)cc1. The lowest BCUT2D eigenvalue weighted by molar-refractivity contribution is -0.117. The normalized spacial score (nSPS) is 15.0. The summed E-state index contributed by atoms with van der Waals surface area (Å²) in [6, 6.07) is 10.2. The van der Waals surface area contributed by atoms with Crippen LogP contribution in [-0.2, 0) is 21.4 Å². The molecule has 1 fully saturated rings. The van der Waals surface area contributed by atoms with Crippen LogP contribution in [0, 0.1) is 11.7 Å². The van der Waals surface area contributed by atoms with Crippen molar-refractivity contribution in [2.75, 3.05) is 24.3 Å². The molecule has 0 aliphatic heterocycles. The van der Waals surface area contributed by atoms with Gasteiger partial charge in [0.15, 0.2) is 0 Å². The Balaban J connectivity index is 1.97. The zero-order valence-corrected chi connectivity index (χ0v) is 19.2. The highest BCUT2D eigenvalue weighted by atomic mass is 32.2. The van der Waals surface area contributed by atoms with Gasteiger partial charge in [-0.05, 0) is 74.2 Å². The summed E-state index contributed by atoms with van der Waals surface area (Å²) in [5.41, 5.74) is 2.30. The lowest BCUT2D eigenvalue weighted by Crippen LogP contribution is -2.38. The van der Waals surface area contributed by atoms with Crippen molar-refractivity contribution in [3.05, 3.63) is 53.8 Å². The molecular formula is C23H30FN3O3S. The van der Waals surface area contributed by atoms with E-state index in [1.807, 2.05) is 51.0 Å². The first kappa shape index (κ1) is 23.2. The Morgan fingerprint density at radius 2 is 1.81 bits per heavy atom. The van der Waals surface area contributed by atoms with E-state index in [4.69, 9.17) is 0 Å². The van der Waals surface area contributed by atoms with E-state index in [9.17, 15) is 17.6 Å². The summed E-state index contributed by atoms with van der Waals surface area (Å²) in [7, 11) is -0.0639. The fourth-order valence-corrected chi connectivity index (χ4v) is 5.09. The predicted octanol–water partition coefficient (Wildman–Crippen LogP) is 4.23. The largest absolute Gasteiger partial charge is 0.377 e. The van der Waals surface area contributed by atoms with Crippen molar-refractivity contribution >= 4 is 27.3 Å². The zero-order chi connectivity index (χ0) is 22.8. The van der Waals surface area contributed by atoms with Gasteiger partial charge in [0.05, 0.1) is 4.90 Å². The molecule has 1 saturated carbocycles. The van der Waals surface area contributed by atoms with Gasteiger partial charge in [-0.25, -0.2) is 12.8 Å². The molecular weight excluding hydrogens is 417 g/mol. The molecule has 31 heavy (non-hydrogen) atoms. The molecule has 3 rings (SSSR count). The number of halogens is 1. The summed E-state index contributed by atoms with van der Waals surface area (Å²) in [6.45, 7) is 3.92. The Labute approximate surface area is 184 Å². The molecule has 8 heteroatoms. The first-order valence-corrected chi connectivity index (χ1v) is 12.0. The van der Waals surface area contributed by atoms with E-state index >= 15 is 0 Å². The van der Waals surface area contributed by atoms with Gasteiger partial charge in [-0.1, -0.05) is 6.92 Å². The van der Waals surface area contributed by atoms with Crippen LogP contribution in [-0.4, -0.2) is 38.8 Å². The molecule has 2 aromatic carbocycles. The molecule has 0 saturated heterocycles. The maximum atomic E-state index is 13.4. The van der Waals surface area contributed by atoms with Crippen LogP contribution in [0.1, 0.15) is 38.7 Å². The lowest BCUT2D eigenvalue weighted by atomic mass is 10.1.